The second kappa shape index (κ2) is 5.78. The highest BCUT2D eigenvalue weighted by Crippen LogP contribution is 2.25. The summed E-state index contributed by atoms with van der Waals surface area (Å²) in [7, 11) is 1.52. The molecule has 0 N–H and O–H groups in total. The van der Waals surface area contributed by atoms with E-state index in [4.69, 9.17) is 0 Å². The van der Waals surface area contributed by atoms with E-state index in [0.717, 1.165) is 11.1 Å². The van der Waals surface area contributed by atoms with Gasteiger partial charge in [0.2, 0.25) is 5.91 Å². The summed E-state index contributed by atoms with van der Waals surface area (Å²) in [4.78, 5) is 28.0. The molecule has 1 fully saturated rings. The summed E-state index contributed by atoms with van der Waals surface area (Å²) in [5, 5.41) is 10.6. The summed E-state index contributed by atoms with van der Waals surface area (Å²) in [6.45, 7) is -1.26. The topological polar surface area (TPSA) is 79.6 Å². The average molecular weight is 318 g/mol. The molecule has 1 aliphatic heterocycles. The van der Waals surface area contributed by atoms with E-state index in [0.29, 0.717) is 0 Å². The second-order valence-corrected chi connectivity index (χ2v) is 4.92. The van der Waals surface area contributed by atoms with Crippen LogP contribution in [0.25, 0.3) is 0 Å². The van der Waals surface area contributed by atoms with Crippen LogP contribution in [0.4, 0.5) is 24.7 Å². The summed E-state index contributed by atoms with van der Waals surface area (Å²) >= 11 is 0. The maximum absolute atomic E-state index is 12.4. The number of alkyl halides is 3. The fourth-order valence-electron chi connectivity index (χ4n) is 2.31. The zero-order chi connectivity index (χ0) is 16.5. The number of nitro groups is 1. The van der Waals surface area contributed by atoms with Crippen LogP contribution in [0.5, 0.6) is 0 Å². The number of rotatable bonds is 4. The van der Waals surface area contributed by atoms with Crippen LogP contribution in [0.1, 0.15) is 6.42 Å². The Morgan fingerprint density at radius 1 is 1.50 bits per heavy atom. The zero-order valence-corrected chi connectivity index (χ0v) is 11.6. The first-order valence-electron chi connectivity index (χ1n) is 6.38. The molecule has 10 heteroatoms. The lowest BCUT2D eigenvalue weighted by Crippen LogP contribution is -2.42. The van der Waals surface area contributed by atoms with Crippen molar-refractivity contribution in [3.63, 3.8) is 0 Å². The van der Waals surface area contributed by atoms with E-state index < -0.39 is 29.6 Å². The molecule has 1 amide bonds. The molecule has 0 radical (unpaired) electrons. The monoisotopic (exact) mass is 318 g/mol. The Balaban J connectivity index is 2.08. The molecule has 1 atom stereocenters. The van der Waals surface area contributed by atoms with E-state index in [2.05, 4.69) is 4.98 Å². The van der Waals surface area contributed by atoms with E-state index in [1.165, 1.54) is 24.1 Å². The number of carbonyl (C=O) groups is 1. The number of hydrogen-bond acceptors (Lipinski definition) is 5. The largest absolute Gasteiger partial charge is 0.406 e. The van der Waals surface area contributed by atoms with Crippen molar-refractivity contribution in [3.05, 3.63) is 28.4 Å². The lowest BCUT2D eigenvalue weighted by atomic mass is 10.2. The first-order chi connectivity index (χ1) is 10.2. The van der Waals surface area contributed by atoms with Crippen LogP contribution in [-0.4, -0.2) is 53.1 Å². The number of carbonyl (C=O) groups excluding carboxylic acids is 1. The number of aromatic nitrogens is 1. The van der Waals surface area contributed by atoms with Crippen LogP contribution in [-0.2, 0) is 4.79 Å². The van der Waals surface area contributed by atoms with Gasteiger partial charge in [-0.1, -0.05) is 0 Å². The molecule has 0 bridgehead atoms. The number of pyridine rings is 1. The molecule has 7 nitrogen and oxygen atoms in total. The van der Waals surface area contributed by atoms with Crippen molar-refractivity contribution in [2.75, 3.05) is 25.0 Å². The van der Waals surface area contributed by atoms with Gasteiger partial charge in [0, 0.05) is 19.7 Å². The number of likely N-dealkylation sites (tertiary alicyclic amines) is 1. The third-order valence-corrected chi connectivity index (χ3v) is 3.41. The Bertz CT molecular complexity index is 576. The number of amides is 1. The van der Waals surface area contributed by atoms with Crippen LogP contribution in [0.2, 0.25) is 0 Å². The SMILES string of the molecule is CN(c1ccc([N+](=O)[O-])cn1)[C@H]1CCN(CC(F)(F)F)C1=O. The van der Waals surface area contributed by atoms with Crippen LogP contribution >= 0.6 is 0 Å². The van der Waals surface area contributed by atoms with E-state index in [9.17, 15) is 28.1 Å². The molecule has 1 saturated heterocycles. The lowest BCUT2D eigenvalue weighted by Gasteiger charge is -2.25. The fraction of sp³-hybridized carbons (Fsp3) is 0.500. The molecule has 0 aromatic carbocycles. The molecule has 0 spiro atoms. The maximum atomic E-state index is 12.4. The molecule has 22 heavy (non-hydrogen) atoms. The van der Waals surface area contributed by atoms with Crippen molar-refractivity contribution >= 4 is 17.4 Å². The minimum Gasteiger partial charge on any atom is -0.348 e. The van der Waals surface area contributed by atoms with Gasteiger partial charge in [0.1, 0.15) is 24.6 Å². The smallest absolute Gasteiger partial charge is 0.348 e. The normalized spacial score (nSPS) is 18.6. The predicted molar refractivity (Wildman–Crippen MR) is 70.3 cm³/mol. The quantitative estimate of drug-likeness (QED) is 0.622. The number of likely N-dealkylation sites (N-methyl/N-ethyl adjacent to an activating group) is 1. The molecular formula is C12H13F3N4O3. The number of nitrogens with zero attached hydrogens (tertiary/aromatic N) is 4. The fourth-order valence-corrected chi connectivity index (χ4v) is 2.31. The Labute approximate surface area is 123 Å². The molecular weight excluding hydrogens is 305 g/mol. The summed E-state index contributed by atoms with van der Waals surface area (Å²) in [5.74, 6) is -0.335. The second-order valence-electron chi connectivity index (χ2n) is 4.92. The van der Waals surface area contributed by atoms with Crippen molar-refractivity contribution in [3.8, 4) is 0 Å². The van der Waals surface area contributed by atoms with Gasteiger partial charge in [-0.05, 0) is 12.5 Å². The molecule has 2 rings (SSSR count). The van der Waals surface area contributed by atoms with E-state index in [1.54, 1.807) is 0 Å². The lowest BCUT2D eigenvalue weighted by molar-refractivity contribution is -0.385. The number of hydrogen-bond donors (Lipinski definition) is 0. The van der Waals surface area contributed by atoms with Gasteiger partial charge in [-0.15, -0.1) is 0 Å². The summed E-state index contributed by atoms with van der Waals surface area (Å²) in [6, 6.07) is 1.83. The van der Waals surface area contributed by atoms with Gasteiger partial charge < -0.3 is 9.80 Å². The number of halogens is 3. The molecule has 1 aromatic heterocycles. The third-order valence-electron chi connectivity index (χ3n) is 3.41. The van der Waals surface area contributed by atoms with Crippen LogP contribution in [0.3, 0.4) is 0 Å². The number of anilines is 1. The molecule has 120 valence electrons. The van der Waals surface area contributed by atoms with Crippen LogP contribution in [0, 0.1) is 10.1 Å². The summed E-state index contributed by atoms with van der Waals surface area (Å²) in [6.07, 6.45) is -3.16. The Hall–Kier alpha value is -2.39. The van der Waals surface area contributed by atoms with E-state index >= 15 is 0 Å². The molecule has 0 aliphatic carbocycles. The highest BCUT2D eigenvalue weighted by Gasteiger charge is 2.41. The van der Waals surface area contributed by atoms with Gasteiger partial charge in [-0.3, -0.25) is 14.9 Å². The summed E-state index contributed by atoms with van der Waals surface area (Å²) < 4.78 is 37.1. The van der Waals surface area contributed by atoms with Crippen molar-refractivity contribution in [1.82, 2.24) is 9.88 Å². The van der Waals surface area contributed by atoms with Crippen molar-refractivity contribution in [2.45, 2.75) is 18.6 Å². The minimum absolute atomic E-state index is 0.0142. The standard InChI is InChI=1S/C12H13F3N4O3/c1-17(10-3-2-8(6-16-10)19(21)22)9-4-5-18(11(9)20)7-12(13,14)15/h2-3,6,9H,4-5,7H2,1H3/t9-/m0/s1. The first kappa shape index (κ1) is 16.0. The molecule has 0 saturated carbocycles. The third kappa shape index (κ3) is 3.43. The van der Waals surface area contributed by atoms with Gasteiger partial charge >= 0.3 is 6.18 Å². The van der Waals surface area contributed by atoms with Crippen molar-refractivity contribution < 1.29 is 22.9 Å². The van der Waals surface area contributed by atoms with Gasteiger partial charge in [-0.25, -0.2) is 4.98 Å². The highest BCUT2D eigenvalue weighted by atomic mass is 19.4. The molecule has 1 aromatic rings. The molecule has 0 unspecified atom stereocenters. The minimum atomic E-state index is -4.44. The van der Waals surface area contributed by atoms with Gasteiger partial charge in [-0.2, -0.15) is 13.2 Å². The van der Waals surface area contributed by atoms with Gasteiger partial charge in [0.25, 0.3) is 5.69 Å². The zero-order valence-electron chi connectivity index (χ0n) is 11.6. The average Bonchev–Trinajstić information content (AvgIpc) is 2.77. The van der Waals surface area contributed by atoms with Crippen LogP contribution < -0.4 is 4.90 Å². The molecule has 1 aliphatic rings. The van der Waals surface area contributed by atoms with Gasteiger partial charge in [0.15, 0.2) is 0 Å². The summed E-state index contributed by atoms with van der Waals surface area (Å²) in [5.41, 5.74) is -0.200. The first-order valence-corrected chi connectivity index (χ1v) is 6.38. The van der Waals surface area contributed by atoms with E-state index in [-0.39, 0.29) is 24.5 Å². The van der Waals surface area contributed by atoms with Gasteiger partial charge in [0.05, 0.1) is 4.92 Å². The maximum Gasteiger partial charge on any atom is 0.406 e. The highest BCUT2D eigenvalue weighted by molar-refractivity contribution is 5.87. The molecule has 2 heterocycles. The Morgan fingerprint density at radius 2 is 2.18 bits per heavy atom. The van der Waals surface area contributed by atoms with Crippen molar-refractivity contribution in [2.24, 2.45) is 0 Å². The van der Waals surface area contributed by atoms with E-state index in [1.807, 2.05) is 0 Å². The Morgan fingerprint density at radius 3 is 2.68 bits per heavy atom. The van der Waals surface area contributed by atoms with Crippen LogP contribution in [0.15, 0.2) is 18.3 Å². The Kier molecular flexibility index (Phi) is 4.20. The van der Waals surface area contributed by atoms with Crippen molar-refractivity contribution in [1.29, 1.82) is 0 Å². The predicted octanol–water partition coefficient (Wildman–Crippen LogP) is 1.59.